The number of rotatable bonds is 7. The van der Waals surface area contributed by atoms with Crippen LogP contribution < -0.4 is 4.74 Å². The second-order valence-electron chi connectivity index (χ2n) is 5.26. The monoisotopic (exact) mass is 379 g/mol. The Hall–Kier alpha value is -1.88. The number of carbonyl (C=O) groups is 1. The molecule has 0 saturated carbocycles. The van der Waals surface area contributed by atoms with Crippen LogP contribution in [0, 0.1) is 5.82 Å². The molecule has 2 rings (SSSR count). The minimum Gasteiger partial charge on any atom is -0.491 e. The van der Waals surface area contributed by atoms with Gasteiger partial charge < -0.3 is 9.64 Å². The average molecular weight is 380 g/mol. The summed E-state index contributed by atoms with van der Waals surface area (Å²) in [7, 11) is 1.78. The zero-order valence-electron chi connectivity index (χ0n) is 13.0. The lowest BCUT2D eigenvalue weighted by molar-refractivity contribution is -0.130. The Balaban J connectivity index is 1.72. The molecule has 0 aliphatic heterocycles. The Morgan fingerprint density at radius 1 is 1.17 bits per heavy atom. The molecule has 0 aromatic heterocycles. The Morgan fingerprint density at radius 3 is 2.57 bits per heavy atom. The van der Waals surface area contributed by atoms with E-state index >= 15 is 0 Å². The van der Waals surface area contributed by atoms with Crippen molar-refractivity contribution < 1.29 is 13.9 Å². The molecule has 0 bridgehead atoms. The van der Waals surface area contributed by atoms with E-state index in [1.54, 1.807) is 30.1 Å². The molecule has 0 N–H and O–H groups in total. The smallest absolute Gasteiger partial charge is 0.222 e. The first-order chi connectivity index (χ1) is 11.1. The van der Waals surface area contributed by atoms with Gasteiger partial charge in [0, 0.05) is 24.5 Å². The maximum atomic E-state index is 13.4. The highest BCUT2D eigenvalue weighted by molar-refractivity contribution is 9.10. The summed E-state index contributed by atoms with van der Waals surface area (Å²) >= 11 is 3.39. The molecular formula is C18H19BrFNO2. The summed E-state index contributed by atoms with van der Waals surface area (Å²) in [5, 5.41) is 0. The lowest BCUT2D eigenvalue weighted by Gasteiger charge is -2.17. The van der Waals surface area contributed by atoms with Gasteiger partial charge in [-0.25, -0.2) is 4.39 Å². The van der Waals surface area contributed by atoms with Crippen LogP contribution in [0.1, 0.15) is 18.4 Å². The van der Waals surface area contributed by atoms with Gasteiger partial charge in [-0.2, -0.15) is 0 Å². The SMILES string of the molecule is CN(Cc1ccc(Br)cc1)C(=O)CCCOc1ccccc1F. The molecule has 3 nitrogen and oxygen atoms in total. The fourth-order valence-electron chi connectivity index (χ4n) is 2.11. The van der Waals surface area contributed by atoms with Crippen LogP contribution in [0.5, 0.6) is 5.75 Å². The van der Waals surface area contributed by atoms with Crippen molar-refractivity contribution in [2.75, 3.05) is 13.7 Å². The number of hydrogen-bond donors (Lipinski definition) is 0. The van der Waals surface area contributed by atoms with Gasteiger partial charge in [0.1, 0.15) is 0 Å². The lowest BCUT2D eigenvalue weighted by Crippen LogP contribution is -2.26. The van der Waals surface area contributed by atoms with Crippen LogP contribution in [0.25, 0.3) is 0 Å². The normalized spacial score (nSPS) is 10.4. The zero-order valence-corrected chi connectivity index (χ0v) is 14.6. The molecule has 0 heterocycles. The van der Waals surface area contributed by atoms with E-state index in [4.69, 9.17) is 4.74 Å². The van der Waals surface area contributed by atoms with Gasteiger partial charge in [0.25, 0.3) is 0 Å². The van der Waals surface area contributed by atoms with E-state index in [1.165, 1.54) is 6.07 Å². The van der Waals surface area contributed by atoms with Crippen LogP contribution >= 0.6 is 15.9 Å². The number of carbonyl (C=O) groups excluding carboxylic acids is 1. The number of ether oxygens (including phenoxy) is 1. The zero-order chi connectivity index (χ0) is 16.7. The van der Waals surface area contributed by atoms with Crippen LogP contribution in [0.2, 0.25) is 0 Å². The number of nitrogens with zero attached hydrogens (tertiary/aromatic N) is 1. The first-order valence-electron chi connectivity index (χ1n) is 7.42. The Kier molecular flexibility index (Phi) is 6.59. The van der Waals surface area contributed by atoms with Gasteiger partial charge >= 0.3 is 0 Å². The largest absolute Gasteiger partial charge is 0.491 e. The molecule has 2 aromatic carbocycles. The van der Waals surface area contributed by atoms with Gasteiger partial charge in [0.2, 0.25) is 5.91 Å². The second-order valence-corrected chi connectivity index (χ2v) is 6.17. The molecule has 0 spiro atoms. The van der Waals surface area contributed by atoms with Gasteiger partial charge in [-0.3, -0.25) is 4.79 Å². The molecule has 0 atom stereocenters. The van der Waals surface area contributed by atoms with E-state index in [-0.39, 0.29) is 17.5 Å². The predicted octanol–water partition coefficient (Wildman–Crippen LogP) is 4.41. The highest BCUT2D eigenvalue weighted by Gasteiger charge is 2.09. The second kappa shape index (κ2) is 8.67. The van der Waals surface area contributed by atoms with Gasteiger partial charge in [-0.05, 0) is 36.2 Å². The van der Waals surface area contributed by atoms with Gasteiger partial charge in [-0.1, -0.05) is 40.2 Å². The standard InChI is InChI=1S/C18H19BrFNO2/c1-21(13-14-8-10-15(19)11-9-14)18(22)7-4-12-23-17-6-3-2-5-16(17)20/h2-3,5-6,8-11H,4,7,12-13H2,1H3. The molecule has 2 aromatic rings. The summed E-state index contributed by atoms with van der Waals surface area (Å²) in [5.74, 6) is -0.112. The Bertz CT molecular complexity index is 646. The van der Waals surface area contributed by atoms with E-state index in [0.717, 1.165) is 10.0 Å². The number of benzene rings is 2. The van der Waals surface area contributed by atoms with Crippen molar-refractivity contribution in [3.05, 3.63) is 64.4 Å². The van der Waals surface area contributed by atoms with Crippen molar-refractivity contribution >= 4 is 21.8 Å². The molecular weight excluding hydrogens is 361 g/mol. The topological polar surface area (TPSA) is 29.5 Å². The lowest BCUT2D eigenvalue weighted by atomic mass is 10.2. The maximum absolute atomic E-state index is 13.4. The molecule has 0 unspecified atom stereocenters. The molecule has 0 fully saturated rings. The number of halogens is 2. The molecule has 0 aliphatic carbocycles. The molecule has 0 aliphatic rings. The summed E-state index contributed by atoms with van der Waals surface area (Å²) in [6, 6.07) is 14.1. The fourth-order valence-corrected chi connectivity index (χ4v) is 2.37. The summed E-state index contributed by atoms with van der Waals surface area (Å²) in [6.07, 6.45) is 0.930. The summed E-state index contributed by atoms with van der Waals surface area (Å²) in [5.41, 5.74) is 1.08. The third kappa shape index (κ3) is 5.67. The highest BCUT2D eigenvalue weighted by atomic mass is 79.9. The number of para-hydroxylation sites is 1. The van der Waals surface area contributed by atoms with Crippen LogP contribution in [0.3, 0.4) is 0 Å². The summed E-state index contributed by atoms with van der Waals surface area (Å²) in [6.45, 7) is 0.888. The van der Waals surface area contributed by atoms with Gasteiger partial charge in [0.05, 0.1) is 6.61 Å². The van der Waals surface area contributed by atoms with E-state index in [1.807, 2.05) is 24.3 Å². The van der Waals surface area contributed by atoms with Crippen molar-refractivity contribution in [2.24, 2.45) is 0 Å². The number of hydrogen-bond acceptors (Lipinski definition) is 2. The minimum atomic E-state index is -0.383. The van der Waals surface area contributed by atoms with Crippen LogP contribution in [-0.2, 0) is 11.3 Å². The molecule has 23 heavy (non-hydrogen) atoms. The molecule has 0 radical (unpaired) electrons. The quantitative estimate of drug-likeness (QED) is 0.667. The molecule has 5 heteroatoms. The summed E-state index contributed by atoms with van der Waals surface area (Å²) in [4.78, 5) is 13.8. The van der Waals surface area contributed by atoms with E-state index < -0.39 is 0 Å². The average Bonchev–Trinajstić information content (AvgIpc) is 2.55. The first-order valence-corrected chi connectivity index (χ1v) is 8.21. The third-order valence-electron chi connectivity index (χ3n) is 3.39. The van der Waals surface area contributed by atoms with Crippen molar-refractivity contribution in [3.8, 4) is 5.75 Å². The van der Waals surface area contributed by atoms with Gasteiger partial charge in [-0.15, -0.1) is 0 Å². The molecule has 1 amide bonds. The fraction of sp³-hybridized carbons (Fsp3) is 0.278. The van der Waals surface area contributed by atoms with E-state index in [9.17, 15) is 9.18 Å². The minimum absolute atomic E-state index is 0.0463. The van der Waals surface area contributed by atoms with Crippen LogP contribution in [-0.4, -0.2) is 24.5 Å². The van der Waals surface area contributed by atoms with Crippen LogP contribution in [0.15, 0.2) is 53.0 Å². The van der Waals surface area contributed by atoms with Crippen molar-refractivity contribution in [1.29, 1.82) is 0 Å². The van der Waals surface area contributed by atoms with Gasteiger partial charge in [0.15, 0.2) is 11.6 Å². The third-order valence-corrected chi connectivity index (χ3v) is 3.92. The summed E-state index contributed by atoms with van der Waals surface area (Å²) < 4.78 is 19.7. The first kappa shape index (κ1) is 17.5. The Labute approximate surface area is 144 Å². The van der Waals surface area contributed by atoms with Crippen LogP contribution in [0.4, 0.5) is 4.39 Å². The van der Waals surface area contributed by atoms with E-state index in [2.05, 4.69) is 15.9 Å². The van der Waals surface area contributed by atoms with E-state index in [0.29, 0.717) is 26.0 Å². The Morgan fingerprint density at radius 2 is 1.87 bits per heavy atom. The predicted molar refractivity (Wildman–Crippen MR) is 91.7 cm³/mol. The van der Waals surface area contributed by atoms with Crippen molar-refractivity contribution in [3.63, 3.8) is 0 Å². The molecule has 0 saturated heterocycles. The number of amides is 1. The molecule has 122 valence electrons. The highest BCUT2D eigenvalue weighted by Crippen LogP contribution is 2.16. The van der Waals surface area contributed by atoms with Crippen molar-refractivity contribution in [2.45, 2.75) is 19.4 Å². The maximum Gasteiger partial charge on any atom is 0.222 e. The van der Waals surface area contributed by atoms with Crippen molar-refractivity contribution in [1.82, 2.24) is 4.90 Å².